The highest BCUT2D eigenvalue weighted by Gasteiger charge is 2.24. The van der Waals surface area contributed by atoms with E-state index in [-0.39, 0.29) is 5.70 Å². The van der Waals surface area contributed by atoms with Gasteiger partial charge in [0, 0.05) is 11.1 Å². The van der Waals surface area contributed by atoms with Crippen LogP contribution in [0.2, 0.25) is 0 Å². The molecule has 1 aliphatic heterocycles. The Balaban J connectivity index is 1.87. The van der Waals surface area contributed by atoms with Gasteiger partial charge in [0.2, 0.25) is 5.90 Å². The topological polar surface area (TPSA) is 57.1 Å². The van der Waals surface area contributed by atoms with Gasteiger partial charge in [0.25, 0.3) is 0 Å². The third kappa shape index (κ3) is 4.37. The molecule has 0 N–H and O–H groups in total. The summed E-state index contributed by atoms with van der Waals surface area (Å²) in [5.74, 6) is 1.13. The molecule has 27 heavy (non-hydrogen) atoms. The van der Waals surface area contributed by atoms with Crippen LogP contribution in [0, 0.1) is 0 Å². The molecule has 5 heteroatoms. The summed E-state index contributed by atoms with van der Waals surface area (Å²) in [6.45, 7) is 2.17. The van der Waals surface area contributed by atoms with Gasteiger partial charge in [0.1, 0.15) is 11.5 Å². The first kappa shape index (κ1) is 18.7. The third-order valence-corrected chi connectivity index (χ3v) is 4.37. The smallest absolute Gasteiger partial charge is 0.363 e. The van der Waals surface area contributed by atoms with E-state index < -0.39 is 5.97 Å². The summed E-state index contributed by atoms with van der Waals surface area (Å²) in [4.78, 5) is 16.6. The molecule has 3 rings (SSSR count). The van der Waals surface area contributed by atoms with Crippen molar-refractivity contribution >= 4 is 17.9 Å². The van der Waals surface area contributed by atoms with E-state index in [0.29, 0.717) is 23.0 Å². The predicted molar refractivity (Wildman–Crippen MR) is 105 cm³/mol. The zero-order valence-corrected chi connectivity index (χ0v) is 15.8. The molecule has 5 nitrogen and oxygen atoms in total. The molecule has 2 aromatic rings. The largest absolute Gasteiger partial charge is 0.497 e. The van der Waals surface area contributed by atoms with Gasteiger partial charge in [0.15, 0.2) is 5.70 Å². The summed E-state index contributed by atoms with van der Waals surface area (Å²) in [6, 6.07) is 13.3. The van der Waals surface area contributed by atoms with Gasteiger partial charge in [-0.1, -0.05) is 25.5 Å². The van der Waals surface area contributed by atoms with Crippen LogP contribution in [-0.4, -0.2) is 26.1 Å². The minimum absolute atomic E-state index is 0.228. The van der Waals surface area contributed by atoms with E-state index in [1.165, 1.54) is 5.56 Å². The van der Waals surface area contributed by atoms with Crippen molar-refractivity contribution in [3.8, 4) is 11.5 Å². The second-order valence-electron chi connectivity index (χ2n) is 6.24. The Kier molecular flexibility index (Phi) is 5.91. The Morgan fingerprint density at radius 2 is 1.85 bits per heavy atom. The molecule has 0 saturated carbocycles. The number of esters is 1. The van der Waals surface area contributed by atoms with Gasteiger partial charge < -0.3 is 14.2 Å². The molecule has 0 spiro atoms. The van der Waals surface area contributed by atoms with Crippen molar-refractivity contribution in [2.45, 2.75) is 26.2 Å². The maximum absolute atomic E-state index is 12.2. The van der Waals surface area contributed by atoms with Crippen molar-refractivity contribution in [2.75, 3.05) is 14.2 Å². The van der Waals surface area contributed by atoms with E-state index in [9.17, 15) is 4.79 Å². The zero-order chi connectivity index (χ0) is 19.2. The van der Waals surface area contributed by atoms with Gasteiger partial charge in [-0.2, -0.15) is 0 Å². The van der Waals surface area contributed by atoms with E-state index in [4.69, 9.17) is 14.2 Å². The Morgan fingerprint density at radius 1 is 1.07 bits per heavy atom. The van der Waals surface area contributed by atoms with Crippen molar-refractivity contribution in [1.82, 2.24) is 0 Å². The highest BCUT2D eigenvalue weighted by atomic mass is 16.6. The lowest BCUT2D eigenvalue weighted by Crippen LogP contribution is -2.05. The number of hydrogen-bond donors (Lipinski definition) is 0. The van der Waals surface area contributed by atoms with Crippen LogP contribution in [0.15, 0.2) is 53.2 Å². The van der Waals surface area contributed by atoms with Gasteiger partial charge in [-0.05, 0) is 54.8 Å². The zero-order valence-electron chi connectivity index (χ0n) is 15.8. The fourth-order valence-corrected chi connectivity index (χ4v) is 2.83. The number of aliphatic imine (C=N–C) groups is 1. The Bertz CT molecular complexity index is 882. The molecule has 0 unspecified atom stereocenters. The van der Waals surface area contributed by atoms with E-state index in [0.717, 1.165) is 24.8 Å². The standard InChI is InChI=1S/C22H23NO4/c1-4-5-6-15-7-9-16(10-8-15)21-23-19(22(24)27-21)14-17-13-18(25-2)11-12-20(17)26-3/h7-14H,4-6H2,1-3H3. The second kappa shape index (κ2) is 8.54. The maximum Gasteiger partial charge on any atom is 0.363 e. The molecule has 0 atom stereocenters. The number of hydrogen-bond acceptors (Lipinski definition) is 5. The summed E-state index contributed by atoms with van der Waals surface area (Å²) in [7, 11) is 3.16. The molecule has 0 saturated heterocycles. The Hall–Kier alpha value is -3.08. The van der Waals surface area contributed by atoms with Crippen LogP contribution in [0.3, 0.4) is 0 Å². The fourth-order valence-electron chi connectivity index (χ4n) is 2.83. The monoisotopic (exact) mass is 365 g/mol. The summed E-state index contributed by atoms with van der Waals surface area (Å²) >= 11 is 0. The molecule has 140 valence electrons. The molecule has 2 aromatic carbocycles. The van der Waals surface area contributed by atoms with Crippen molar-refractivity contribution < 1.29 is 19.0 Å². The van der Waals surface area contributed by atoms with E-state index >= 15 is 0 Å². The van der Waals surface area contributed by atoms with Gasteiger partial charge in [-0.15, -0.1) is 0 Å². The first-order valence-corrected chi connectivity index (χ1v) is 8.98. The highest BCUT2D eigenvalue weighted by Crippen LogP contribution is 2.28. The number of carbonyl (C=O) groups excluding carboxylic acids is 1. The average molecular weight is 365 g/mol. The molecule has 0 bridgehead atoms. The summed E-state index contributed by atoms with van der Waals surface area (Å²) in [5.41, 5.74) is 2.97. The number of ether oxygens (including phenoxy) is 3. The summed E-state index contributed by atoms with van der Waals surface area (Å²) in [6.07, 6.45) is 5.01. The normalized spacial score (nSPS) is 14.9. The number of rotatable bonds is 7. The Morgan fingerprint density at radius 3 is 2.52 bits per heavy atom. The molecule has 1 aliphatic rings. The van der Waals surface area contributed by atoms with Crippen LogP contribution in [0.4, 0.5) is 0 Å². The van der Waals surface area contributed by atoms with Crippen LogP contribution >= 0.6 is 0 Å². The SMILES string of the molecule is CCCCc1ccc(C2=NC(=Cc3cc(OC)ccc3OC)C(=O)O2)cc1. The molecular formula is C22H23NO4. The number of nitrogens with zero attached hydrogens (tertiary/aromatic N) is 1. The van der Waals surface area contributed by atoms with Gasteiger partial charge in [-0.3, -0.25) is 0 Å². The molecule has 0 amide bonds. The fraction of sp³-hybridized carbons (Fsp3) is 0.273. The highest BCUT2D eigenvalue weighted by molar-refractivity contribution is 6.13. The molecular weight excluding hydrogens is 342 g/mol. The van der Waals surface area contributed by atoms with Crippen molar-refractivity contribution in [3.63, 3.8) is 0 Å². The van der Waals surface area contributed by atoms with Gasteiger partial charge in [0.05, 0.1) is 14.2 Å². The minimum atomic E-state index is -0.482. The lowest BCUT2D eigenvalue weighted by molar-refractivity contribution is -0.129. The van der Waals surface area contributed by atoms with E-state index in [1.807, 2.05) is 24.3 Å². The number of cyclic esters (lactones) is 1. The van der Waals surface area contributed by atoms with Gasteiger partial charge >= 0.3 is 5.97 Å². The van der Waals surface area contributed by atoms with Crippen LogP contribution in [0.1, 0.15) is 36.5 Å². The Labute approximate surface area is 159 Å². The number of unbranched alkanes of at least 4 members (excludes halogenated alkanes) is 1. The average Bonchev–Trinajstić information content (AvgIpc) is 3.07. The maximum atomic E-state index is 12.2. The number of carbonyl (C=O) groups is 1. The molecule has 0 radical (unpaired) electrons. The van der Waals surface area contributed by atoms with Crippen molar-refractivity contribution in [3.05, 3.63) is 64.9 Å². The van der Waals surface area contributed by atoms with Crippen molar-refractivity contribution in [2.24, 2.45) is 4.99 Å². The lowest BCUT2D eigenvalue weighted by Gasteiger charge is -2.07. The van der Waals surface area contributed by atoms with Crippen LogP contribution in [0.25, 0.3) is 6.08 Å². The van der Waals surface area contributed by atoms with Crippen LogP contribution < -0.4 is 9.47 Å². The number of benzene rings is 2. The van der Waals surface area contributed by atoms with E-state index in [1.54, 1.807) is 38.5 Å². The van der Waals surface area contributed by atoms with Crippen LogP contribution in [0.5, 0.6) is 11.5 Å². The third-order valence-electron chi connectivity index (χ3n) is 4.37. The summed E-state index contributed by atoms with van der Waals surface area (Å²) in [5, 5.41) is 0. The second-order valence-corrected chi connectivity index (χ2v) is 6.24. The number of methoxy groups -OCH3 is 2. The first-order valence-electron chi connectivity index (χ1n) is 8.98. The first-order chi connectivity index (χ1) is 13.1. The number of aryl methyl sites for hydroxylation is 1. The van der Waals surface area contributed by atoms with E-state index in [2.05, 4.69) is 11.9 Å². The minimum Gasteiger partial charge on any atom is -0.497 e. The van der Waals surface area contributed by atoms with Crippen molar-refractivity contribution in [1.29, 1.82) is 0 Å². The quantitative estimate of drug-likeness (QED) is 0.539. The van der Waals surface area contributed by atoms with Crippen LogP contribution in [-0.2, 0) is 16.0 Å². The molecule has 1 heterocycles. The summed E-state index contributed by atoms with van der Waals surface area (Å²) < 4.78 is 15.9. The molecule has 0 fully saturated rings. The molecule has 0 aromatic heterocycles. The van der Waals surface area contributed by atoms with Gasteiger partial charge in [-0.25, -0.2) is 9.79 Å². The molecule has 0 aliphatic carbocycles. The predicted octanol–water partition coefficient (Wildman–Crippen LogP) is 4.39. The lowest BCUT2D eigenvalue weighted by atomic mass is 10.1.